The minimum Gasteiger partial charge on any atom is -0.335 e. The molecule has 150 valence electrons. The highest BCUT2D eigenvalue weighted by Gasteiger charge is 2.31. The molecule has 8 heteroatoms. The molecule has 0 N–H and O–H groups in total. The number of fused-ring (bicyclic) bond motifs is 1. The normalized spacial score (nSPS) is 15.6. The van der Waals surface area contributed by atoms with Gasteiger partial charge in [-0.25, -0.2) is 13.4 Å². The van der Waals surface area contributed by atoms with Crippen LogP contribution in [0.5, 0.6) is 0 Å². The van der Waals surface area contributed by atoms with Crippen LogP contribution in [0.4, 0.5) is 0 Å². The first-order valence-corrected chi connectivity index (χ1v) is 11.1. The van der Waals surface area contributed by atoms with Crippen LogP contribution in [0, 0.1) is 6.92 Å². The summed E-state index contributed by atoms with van der Waals surface area (Å²) in [6, 6.07) is 16.0. The summed E-state index contributed by atoms with van der Waals surface area (Å²) in [6.07, 6.45) is 0. The van der Waals surface area contributed by atoms with Crippen molar-refractivity contribution in [3.05, 3.63) is 71.0 Å². The molecular formula is C21H20ClN3O3S. The van der Waals surface area contributed by atoms with Gasteiger partial charge in [-0.2, -0.15) is 4.31 Å². The third-order valence-electron chi connectivity index (χ3n) is 5.10. The molecule has 0 atom stereocenters. The Bertz CT molecular complexity index is 1170. The van der Waals surface area contributed by atoms with Crippen molar-refractivity contribution in [2.45, 2.75) is 11.8 Å². The van der Waals surface area contributed by atoms with Crippen molar-refractivity contribution in [1.82, 2.24) is 14.2 Å². The van der Waals surface area contributed by atoms with Crippen molar-refractivity contribution in [2.75, 3.05) is 26.2 Å². The molecule has 6 nitrogen and oxygen atoms in total. The van der Waals surface area contributed by atoms with E-state index >= 15 is 0 Å². The van der Waals surface area contributed by atoms with Gasteiger partial charge in [0.05, 0.1) is 4.90 Å². The van der Waals surface area contributed by atoms with Gasteiger partial charge in [0.25, 0.3) is 5.91 Å². The number of piperazine rings is 1. The summed E-state index contributed by atoms with van der Waals surface area (Å²) in [6.45, 7) is 2.99. The largest absolute Gasteiger partial charge is 0.335 e. The number of sulfonamides is 1. The highest BCUT2D eigenvalue weighted by molar-refractivity contribution is 7.89. The summed E-state index contributed by atoms with van der Waals surface area (Å²) in [5.74, 6) is -0.245. The Kier molecular flexibility index (Phi) is 5.29. The Morgan fingerprint density at radius 2 is 1.66 bits per heavy atom. The number of benzene rings is 2. The molecule has 0 unspecified atom stereocenters. The number of carbonyl (C=O) groups is 1. The Morgan fingerprint density at radius 1 is 1.00 bits per heavy atom. The Morgan fingerprint density at radius 3 is 2.34 bits per heavy atom. The standard InChI is InChI=1S/C21H20ClN3O3S/c1-15-6-8-17(9-7-15)29(27,28)25-12-10-24(11-13-25)21(26)19-14-16-4-2-3-5-18(16)20(22)23-19/h2-9,14H,10-13H2,1H3. The summed E-state index contributed by atoms with van der Waals surface area (Å²) in [5.41, 5.74) is 1.27. The predicted octanol–water partition coefficient (Wildman–Crippen LogP) is 3.34. The summed E-state index contributed by atoms with van der Waals surface area (Å²) in [5, 5.41) is 1.92. The zero-order chi connectivity index (χ0) is 20.6. The fourth-order valence-electron chi connectivity index (χ4n) is 3.42. The van der Waals surface area contributed by atoms with Gasteiger partial charge >= 0.3 is 0 Å². The molecule has 1 fully saturated rings. The molecular weight excluding hydrogens is 410 g/mol. The van der Waals surface area contributed by atoms with Gasteiger partial charge in [0, 0.05) is 31.6 Å². The molecule has 0 radical (unpaired) electrons. The molecule has 1 amide bonds. The van der Waals surface area contributed by atoms with Crippen molar-refractivity contribution >= 4 is 38.3 Å². The molecule has 1 saturated heterocycles. The molecule has 0 aliphatic carbocycles. The summed E-state index contributed by atoms with van der Waals surface area (Å²) in [4.78, 5) is 19.0. The third kappa shape index (κ3) is 3.85. The van der Waals surface area contributed by atoms with Crippen molar-refractivity contribution in [3.8, 4) is 0 Å². The minimum atomic E-state index is -3.57. The van der Waals surface area contributed by atoms with Gasteiger partial charge in [-0.1, -0.05) is 53.6 Å². The van der Waals surface area contributed by atoms with Gasteiger partial charge in [-0.05, 0) is 30.5 Å². The van der Waals surface area contributed by atoms with Gasteiger partial charge in [0.15, 0.2) is 0 Å². The number of amides is 1. The minimum absolute atomic E-state index is 0.239. The highest BCUT2D eigenvalue weighted by Crippen LogP contribution is 2.24. The topological polar surface area (TPSA) is 70.6 Å². The molecule has 0 bridgehead atoms. The lowest BCUT2D eigenvalue weighted by Gasteiger charge is -2.33. The first-order valence-electron chi connectivity index (χ1n) is 9.27. The molecule has 1 aromatic heterocycles. The number of carbonyl (C=O) groups excluding carboxylic acids is 1. The maximum atomic E-state index is 12.9. The van der Waals surface area contributed by atoms with E-state index in [0.29, 0.717) is 13.1 Å². The number of nitrogens with zero attached hydrogens (tertiary/aromatic N) is 3. The molecule has 0 saturated carbocycles. The molecule has 3 aromatic rings. The van der Waals surface area contributed by atoms with E-state index in [1.807, 2.05) is 31.2 Å². The lowest BCUT2D eigenvalue weighted by molar-refractivity contribution is 0.0692. The van der Waals surface area contributed by atoms with Crippen LogP contribution in [0.2, 0.25) is 5.15 Å². The smallest absolute Gasteiger partial charge is 0.272 e. The second kappa shape index (κ2) is 7.74. The van der Waals surface area contributed by atoms with Gasteiger partial charge < -0.3 is 4.90 Å². The van der Waals surface area contributed by atoms with E-state index in [9.17, 15) is 13.2 Å². The number of halogens is 1. The maximum absolute atomic E-state index is 12.9. The van der Waals surface area contributed by atoms with E-state index < -0.39 is 10.0 Å². The van der Waals surface area contributed by atoms with Gasteiger partial charge in [-0.15, -0.1) is 0 Å². The van der Waals surface area contributed by atoms with Crippen LogP contribution in [0.15, 0.2) is 59.5 Å². The van der Waals surface area contributed by atoms with E-state index in [-0.39, 0.29) is 34.7 Å². The first-order chi connectivity index (χ1) is 13.9. The van der Waals surface area contributed by atoms with Crippen LogP contribution < -0.4 is 0 Å². The van der Waals surface area contributed by atoms with Crippen LogP contribution in [0.25, 0.3) is 10.8 Å². The second-order valence-electron chi connectivity index (χ2n) is 7.03. The van der Waals surface area contributed by atoms with E-state index in [0.717, 1.165) is 16.3 Å². The van der Waals surface area contributed by atoms with Crippen LogP contribution in [-0.4, -0.2) is 54.7 Å². The fourth-order valence-corrected chi connectivity index (χ4v) is 5.10. The Labute approximate surface area is 174 Å². The van der Waals surface area contributed by atoms with E-state index in [1.165, 1.54) is 4.31 Å². The molecule has 0 spiro atoms. The monoisotopic (exact) mass is 429 g/mol. The van der Waals surface area contributed by atoms with Crippen molar-refractivity contribution in [3.63, 3.8) is 0 Å². The molecule has 1 aliphatic heterocycles. The number of aromatic nitrogens is 1. The molecule has 2 aromatic carbocycles. The summed E-state index contributed by atoms with van der Waals surface area (Å²) < 4.78 is 27.1. The Hall–Kier alpha value is -2.48. The van der Waals surface area contributed by atoms with Crippen LogP contribution in [-0.2, 0) is 10.0 Å². The molecule has 4 rings (SSSR count). The number of hydrogen-bond donors (Lipinski definition) is 0. The van der Waals surface area contributed by atoms with Gasteiger partial charge in [-0.3, -0.25) is 4.79 Å². The number of pyridine rings is 1. The van der Waals surface area contributed by atoms with Gasteiger partial charge in [0.2, 0.25) is 10.0 Å². The average molecular weight is 430 g/mol. The summed E-state index contributed by atoms with van der Waals surface area (Å²) >= 11 is 6.24. The quantitative estimate of drug-likeness (QED) is 0.599. The molecule has 1 aliphatic rings. The van der Waals surface area contributed by atoms with Crippen molar-refractivity contribution < 1.29 is 13.2 Å². The van der Waals surface area contributed by atoms with E-state index in [2.05, 4.69) is 4.98 Å². The van der Waals surface area contributed by atoms with Crippen LogP contribution in [0.1, 0.15) is 16.1 Å². The maximum Gasteiger partial charge on any atom is 0.272 e. The van der Waals surface area contributed by atoms with Crippen molar-refractivity contribution in [2.24, 2.45) is 0 Å². The highest BCUT2D eigenvalue weighted by atomic mass is 35.5. The number of rotatable bonds is 3. The predicted molar refractivity (Wildman–Crippen MR) is 113 cm³/mol. The lowest BCUT2D eigenvalue weighted by atomic mass is 10.1. The zero-order valence-electron chi connectivity index (χ0n) is 15.9. The Balaban J connectivity index is 1.49. The SMILES string of the molecule is Cc1ccc(S(=O)(=O)N2CCN(C(=O)c3cc4ccccc4c(Cl)n3)CC2)cc1. The fraction of sp³-hybridized carbons (Fsp3) is 0.238. The van der Waals surface area contributed by atoms with Crippen molar-refractivity contribution in [1.29, 1.82) is 0 Å². The molecule has 29 heavy (non-hydrogen) atoms. The summed E-state index contributed by atoms with van der Waals surface area (Å²) in [7, 11) is -3.57. The number of aryl methyl sites for hydroxylation is 1. The average Bonchev–Trinajstić information content (AvgIpc) is 2.73. The van der Waals surface area contributed by atoms with Crippen LogP contribution >= 0.6 is 11.6 Å². The zero-order valence-corrected chi connectivity index (χ0v) is 17.4. The number of hydrogen-bond acceptors (Lipinski definition) is 4. The van der Waals surface area contributed by atoms with E-state index in [4.69, 9.17) is 11.6 Å². The second-order valence-corrected chi connectivity index (χ2v) is 9.32. The van der Waals surface area contributed by atoms with Gasteiger partial charge in [0.1, 0.15) is 10.8 Å². The third-order valence-corrected chi connectivity index (χ3v) is 7.30. The molecule has 2 heterocycles. The lowest BCUT2D eigenvalue weighted by Crippen LogP contribution is -2.50. The first kappa shape index (κ1) is 19.8. The van der Waals surface area contributed by atoms with Crippen LogP contribution in [0.3, 0.4) is 0 Å². The van der Waals surface area contributed by atoms with E-state index in [1.54, 1.807) is 35.2 Å².